The zero-order valence-electron chi connectivity index (χ0n) is 9.66. The molecule has 2 heterocycles. The third-order valence-corrected chi connectivity index (χ3v) is 2.41. The van der Waals surface area contributed by atoms with Gasteiger partial charge in [0.2, 0.25) is 0 Å². The van der Waals surface area contributed by atoms with Gasteiger partial charge in [0.15, 0.2) is 0 Å². The van der Waals surface area contributed by atoms with Crippen LogP contribution in [0.5, 0.6) is 0 Å². The van der Waals surface area contributed by atoms with E-state index in [4.69, 9.17) is 4.42 Å². The lowest BCUT2D eigenvalue weighted by Crippen LogP contribution is -2.12. The van der Waals surface area contributed by atoms with Crippen molar-refractivity contribution in [2.45, 2.75) is 19.3 Å². The van der Waals surface area contributed by atoms with Gasteiger partial charge in [0.25, 0.3) is 0 Å². The monoisotopic (exact) mass is 259 g/mol. The van der Waals surface area contributed by atoms with Gasteiger partial charge in [-0.05, 0) is 18.2 Å². The molecule has 18 heavy (non-hydrogen) atoms. The number of nitrogens with zero attached hydrogens (tertiary/aromatic N) is 2. The molecule has 0 aliphatic heterocycles. The first-order valence-electron chi connectivity index (χ1n) is 5.30. The molecule has 0 radical (unpaired) electrons. The number of hydrogen-bond acceptors (Lipinski definition) is 3. The molecule has 0 fully saturated rings. The Morgan fingerprint density at radius 1 is 1.39 bits per heavy atom. The lowest BCUT2D eigenvalue weighted by Gasteiger charge is -2.04. The van der Waals surface area contributed by atoms with Gasteiger partial charge in [-0.1, -0.05) is 0 Å². The van der Waals surface area contributed by atoms with Gasteiger partial charge in [0.05, 0.1) is 18.5 Å². The first kappa shape index (κ1) is 12.7. The highest BCUT2D eigenvalue weighted by Crippen LogP contribution is 2.29. The number of aryl methyl sites for hydroxylation is 1. The molecule has 0 aliphatic rings. The molecule has 0 amide bonds. The smallest absolute Gasteiger partial charge is 0.433 e. The summed E-state index contributed by atoms with van der Waals surface area (Å²) in [5.41, 5.74) is -0.409. The Labute approximate surface area is 101 Å². The fourth-order valence-corrected chi connectivity index (χ4v) is 1.61. The highest BCUT2D eigenvalue weighted by molar-refractivity contribution is 5.13. The number of aromatic nitrogens is 2. The van der Waals surface area contributed by atoms with Crippen LogP contribution >= 0.6 is 0 Å². The normalized spacial score (nSPS) is 12.0. The van der Waals surface area contributed by atoms with Crippen molar-refractivity contribution in [3.05, 3.63) is 41.6 Å². The summed E-state index contributed by atoms with van der Waals surface area (Å²) in [4.78, 5) is 0. The number of rotatable bonds is 4. The van der Waals surface area contributed by atoms with E-state index >= 15 is 0 Å². The first-order chi connectivity index (χ1) is 8.47. The van der Waals surface area contributed by atoms with Crippen molar-refractivity contribution in [2.75, 3.05) is 0 Å². The molecule has 2 aromatic heterocycles. The quantitative estimate of drug-likeness (QED) is 0.916. The van der Waals surface area contributed by atoms with Crippen LogP contribution in [0.15, 0.2) is 28.9 Å². The SMILES string of the molecule is Cn1nc(CNCc2ccco2)cc1C(F)(F)F. The van der Waals surface area contributed by atoms with Gasteiger partial charge >= 0.3 is 6.18 Å². The summed E-state index contributed by atoms with van der Waals surface area (Å²) in [5, 5.41) is 6.76. The van der Waals surface area contributed by atoms with Crippen LogP contribution in [-0.2, 0) is 26.3 Å². The van der Waals surface area contributed by atoms with Crippen molar-refractivity contribution >= 4 is 0 Å². The molecule has 0 aromatic carbocycles. The molecule has 0 aliphatic carbocycles. The van der Waals surface area contributed by atoms with E-state index in [1.807, 2.05) is 0 Å². The first-order valence-corrected chi connectivity index (χ1v) is 5.30. The molecular weight excluding hydrogens is 247 g/mol. The van der Waals surface area contributed by atoms with Gasteiger partial charge in [-0.3, -0.25) is 4.68 Å². The average molecular weight is 259 g/mol. The minimum absolute atomic E-state index is 0.255. The molecule has 0 saturated heterocycles. The van der Waals surface area contributed by atoms with Gasteiger partial charge in [-0.2, -0.15) is 18.3 Å². The largest absolute Gasteiger partial charge is 0.468 e. The van der Waals surface area contributed by atoms with Crippen LogP contribution in [0.3, 0.4) is 0 Å². The molecular formula is C11H12F3N3O. The summed E-state index contributed by atoms with van der Waals surface area (Å²) in [6.07, 6.45) is -2.83. The third-order valence-electron chi connectivity index (χ3n) is 2.41. The maximum atomic E-state index is 12.5. The second-order valence-corrected chi connectivity index (χ2v) is 3.83. The van der Waals surface area contributed by atoms with Crippen molar-refractivity contribution < 1.29 is 17.6 Å². The van der Waals surface area contributed by atoms with Crippen LogP contribution in [0.4, 0.5) is 13.2 Å². The third kappa shape index (κ3) is 2.92. The fourth-order valence-electron chi connectivity index (χ4n) is 1.61. The minimum Gasteiger partial charge on any atom is -0.468 e. The van der Waals surface area contributed by atoms with E-state index in [2.05, 4.69) is 10.4 Å². The van der Waals surface area contributed by atoms with Crippen LogP contribution in [0.2, 0.25) is 0 Å². The summed E-state index contributed by atoms with van der Waals surface area (Å²) in [6, 6.07) is 4.57. The Morgan fingerprint density at radius 3 is 2.72 bits per heavy atom. The van der Waals surface area contributed by atoms with E-state index in [0.717, 1.165) is 16.5 Å². The number of alkyl halides is 3. The molecule has 4 nitrogen and oxygen atoms in total. The molecule has 0 spiro atoms. The Balaban J connectivity index is 1.94. The molecule has 7 heteroatoms. The Bertz CT molecular complexity index is 502. The van der Waals surface area contributed by atoms with Gasteiger partial charge in [-0.25, -0.2) is 0 Å². The molecule has 0 atom stereocenters. The molecule has 0 saturated carbocycles. The number of halogens is 3. The predicted molar refractivity (Wildman–Crippen MR) is 57.5 cm³/mol. The topological polar surface area (TPSA) is 43.0 Å². The zero-order valence-corrected chi connectivity index (χ0v) is 9.66. The van der Waals surface area contributed by atoms with E-state index in [9.17, 15) is 13.2 Å². The van der Waals surface area contributed by atoms with Crippen LogP contribution in [0.1, 0.15) is 17.1 Å². The second kappa shape index (κ2) is 4.85. The Hall–Kier alpha value is -1.76. The number of nitrogens with one attached hydrogen (secondary N) is 1. The average Bonchev–Trinajstić information content (AvgIpc) is 2.87. The molecule has 0 bridgehead atoms. The molecule has 98 valence electrons. The van der Waals surface area contributed by atoms with Crippen LogP contribution in [0, 0.1) is 0 Å². The maximum absolute atomic E-state index is 12.5. The van der Waals surface area contributed by atoms with Gasteiger partial charge < -0.3 is 9.73 Å². The Kier molecular flexibility index (Phi) is 3.42. The predicted octanol–water partition coefficient (Wildman–Crippen LogP) is 2.32. The second-order valence-electron chi connectivity index (χ2n) is 3.83. The lowest BCUT2D eigenvalue weighted by molar-refractivity contribution is -0.143. The van der Waals surface area contributed by atoms with Crippen molar-refractivity contribution in [3.63, 3.8) is 0 Å². The summed E-state index contributed by atoms with van der Waals surface area (Å²) in [6.45, 7) is 0.704. The van der Waals surface area contributed by atoms with Crippen molar-refractivity contribution in [1.29, 1.82) is 0 Å². The number of hydrogen-bond donors (Lipinski definition) is 1. The van der Waals surface area contributed by atoms with Crippen molar-refractivity contribution in [1.82, 2.24) is 15.1 Å². The van der Waals surface area contributed by atoms with Gasteiger partial charge in [0, 0.05) is 13.6 Å². The summed E-state index contributed by atoms with van der Waals surface area (Å²) in [7, 11) is 1.28. The van der Waals surface area contributed by atoms with Crippen LogP contribution in [-0.4, -0.2) is 9.78 Å². The highest BCUT2D eigenvalue weighted by atomic mass is 19.4. The molecule has 0 unspecified atom stereocenters. The zero-order chi connectivity index (χ0) is 13.2. The Morgan fingerprint density at radius 2 is 2.17 bits per heavy atom. The van der Waals surface area contributed by atoms with E-state index in [1.54, 1.807) is 18.4 Å². The van der Waals surface area contributed by atoms with Gasteiger partial charge in [-0.15, -0.1) is 0 Å². The molecule has 2 rings (SSSR count). The van der Waals surface area contributed by atoms with E-state index in [1.165, 1.54) is 7.05 Å². The summed E-state index contributed by atoms with van der Waals surface area (Å²) >= 11 is 0. The fraction of sp³-hybridized carbons (Fsp3) is 0.364. The van der Waals surface area contributed by atoms with E-state index in [0.29, 0.717) is 12.2 Å². The summed E-state index contributed by atoms with van der Waals surface area (Å²) in [5.74, 6) is 0.724. The van der Waals surface area contributed by atoms with Crippen molar-refractivity contribution in [3.8, 4) is 0 Å². The molecule has 1 N–H and O–H groups in total. The number of furan rings is 1. The lowest BCUT2D eigenvalue weighted by atomic mass is 10.3. The maximum Gasteiger partial charge on any atom is 0.433 e. The van der Waals surface area contributed by atoms with Crippen LogP contribution in [0.25, 0.3) is 0 Å². The van der Waals surface area contributed by atoms with E-state index < -0.39 is 11.9 Å². The van der Waals surface area contributed by atoms with Gasteiger partial charge in [0.1, 0.15) is 11.5 Å². The van der Waals surface area contributed by atoms with Crippen LogP contribution < -0.4 is 5.32 Å². The summed E-state index contributed by atoms with van der Waals surface area (Å²) < 4.78 is 43.5. The molecule has 2 aromatic rings. The standard InChI is InChI=1S/C11H12F3N3O/c1-17-10(11(12,13)14)5-8(16-17)6-15-7-9-3-2-4-18-9/h2-5,15H,6-7H2,1H3. The highest BCUT2D eigenvalue weighted by Gasteiger charge is 2.34. The van der Waals surface area contributed by atoms with Crippen molar-refractivity contribution in [2.24, 2.45) is 7.05 Å². The van der Waals surface area contributed by atoms with E-state index in [-0.39, 0.29) is 6.54 Å². The minimum atomic E-state index is -4.37.